The molecule has 0 spiro atoms. The van der Waals surface area contributed by atoms with E-state index in [0.717, 1.165) is 44.3 Å². The molecule has 0 unspecified atom stereocenters. The van der Waals surface area contributed by atoms with Crippen LogP contribution in [0.15, 0.2) is 54.6 Å². The molecule has 31 heavy (non-hydrogen) atoms. The zero-order chi connectivity index (χ0) is 21.8. The second-order valence-electron chi connectivity index (χ2n) is 9.09. The molecule has 1 aliphatic rings. The van der Waals surface area contributed by atoms with E-state index in [1.807, 2.05) is 16.8 Å². The van der Waals surface area contributed by atoms with E-state index < -0.39 is 0 Å². The quantitative estimate of drug-likeness (QED) is 0.610. The minimum atomic E-state index is -0.196. The van der Waals surface area contributed by atoms with Gasteiger partial charge in [0, 0.05) is 32.7 Å². The third-order valence-electron chi connectivity index (χ3n) is 5.83. The number of aromatic nitrogens is 4. The Morgan fingerprint density at radius 3 is 2.23 bits per heavy atom. The maximum Gasteiger partial charge on any atom is 0.173 e. The number of tetrazole rings is 1. The monoisotopic (exact) mass is 420 g/mol. The topological polar surface area (TPSA) is 59.3 Å². The van der Waals surface area contributed by atoms with Gasteiger partial charge in [-0.25, -0.2) is 4.68 Å². The van der Waals surface area contributed by atoms with Gasteiger partial charge in [-0.2, -0.15) is 0 Å². The summed E-state index contributed by atoms with van der Waals surface area (Å²) in [5.74, 6) is 1.74. The predicted molar refractivity (Wildman–Crippen MR) is 121 cm³/mol. The van der Waals surface area contributed by atoms with E-state index in [9.17, 15) is 0 Å². The average molecular weight is 421 g/mol. The Morgan fingerprint density at radius 2 is 1.61 bits per heavy atom. The number of nitrogens with zero attached hydrogens (tertiary/aromatic N) is 6. The molecule has 2 heterocycles. The van der Waals surface area contributed by atoms with E-state index in [1.165, 1.54) is 11.1 Å². The number of benzene rings is 2. The maximum atomic E-state index is 5.37. The first-order valence-corrected chi connectivity index (χ1v) is 10.9. The molecule has 0 N–H and O–H groups in total. The SMILES string of the molecule is COc1ccc([C@H](c2nnnn2C(C)(C)C)N2CCN(Cc3ccccc3)CC2)cc1. The highest BCUT2D eigenvalue weighted by molar-refractivity contribution is 5.32. The summed E-state index contributed by atoms with van der Waals surface area (Å²) in [6, 6.07) is 19.0. The summed E-state index contributed by atoms with van der Waals surface area (Å²) in [6.07, 6.45) is 0. The first-order chi connectivity index (χ1) is 15.0. The van der Waals surface area contributed by atoms with Gasteiger partial charge in [-0.3, -0.25) is 9.80 Å². The Kier molecular flexibility index (Phi) is 6.34. The van der Waals surface area contributed by atoms with Crippen molar-refractivity contribution in [3.05, 3.63) is 71.5 Å². The van der Waals surface area contributed by atoms with Crippen LogP contribution in [0.1, 0.15) is 43.8 Å². The lowest BCUT2D eigenvalue weighted by atomic mass is 10.0. The van der Waals surface area contributed by atoms with E-state index in [1.54, 1.807) is 7.11 Å². The zero-order valence-electron chi connectivity index (χ0n) is 18.9. The number of ether oxygens (including phenoxy) is 1. The summed E-state index contributed by atoms with van der Waals surface area (Å²) < 4.78 is 7.32. The van der Waals surface area contributed by atoms with Crippen LogP contribution in [0.3, 0.4) is 0 Å². The summed E-state index contributed by atoms with van der Waals surface area (Å²) in [7, 11) is 1.69. The molecule has 0 aliphatic carbocycles. The Hall–Kier alpha value is -2.77. The highest BCUT2D eigenvalue weighted by Gasteiger charge is 2.33. The molecule has 1 atom stereocenters. The molecule has 0 amide bonds. The standard InChI is InChI=1S/C24H32N6O/c1-24(2,3)30-23(25-26-27-30)22(20-10-12-21(31-4)13-11-20)29-16-14-28(15-17-29)18-19-8-6-5-7-9-19/h5-13,22H,14-18H2,1-4H3/t22-/m1/s1. The summed E-state index contributed by atoms with van der Waals surface area (Å²) in [5.41, 5.74) is 2.34. The van der Waals surface area contributed by atoms with Gasteiger partial charge in [0.1, 0.15) is 5.75 Å². The molecule has 0 saturated carbocycles. The third kappa shape index (κ3) is 4.94. The number of hydrogen-bond donors (Lipinski definition) is 0. The van der Waals surface area contributed by atoms with Gasteiger partial charge in [-0.15, -0.1) is 5.10 Å². The van der Waals surface area contributed by atoms with E-state index in [-0.39, 0.29) is 11.6 Å². The van der Waals surface area contributed by atoms with Crippen LogP contribution < -0.4 is 4.74 Å². The van der Waals surface area contributed by atoms with Gasteiger partial charge in [0.2, 0.25) is 0 Å². The van der Waals surface area contributed by atoms with E-state index in [2.05, 4.69) is 88.6 Å². The van der Waals surface area contributed by atoms with E-state index >= 15 is 0 Å². The molecule has 164 valence electrons. The zero-order valence-corrected chi connectivity index (χ0v) is 18.9. The predicted octanol–water partition coefficient (Wildman–Crippen LogP) is 3.34. The molecule has 4 rings (SSSR count). The molecule has 0 radical (unpaired) electrons. The summed E-state index contributed by atoms with van der Waals surface area (Å²) >= 11 is 0. The lowest BCUT2D eigenvalue weighted by Crippen LogP contribution is -2.48. The molecule has 1 aliphatic heterocycles. The normalized spacial score (nSPS) is 16.9. The summed E-state index contributed by atoms with van der Waals surface area (Å²) in [6.45, 7) is 11.3. The number of piperazine rings is 1. The molecule has 0 bridgehead atoms. The Labute approximate surface area is 184 Å². The minimum Gasteiger partial charge on any atom is -0.497 e. The van der Waals surface area contributed by atoms with Crippen LogP contribution in [0.4, 0.5) is 0 Å². The van der Waals surface area contributed by atoms with Crippen molar-refractivity contribution in [3.8, 4) is 5.75 Å². The van der Waals surface area contributed by atoms with Gasteiger partial charge in [-0.05, 0) is 54.5 Å². The third-order valence-corrected chi connectivity index (χ3v) is 5.83. The van der Waals surface area contributed by atoms with Crippen molar-refractivity contribution < 1.29 is 4.74 Å². The highest BCUT2D eigenvalue weighted by Crippen LogP contribution is 2.31. The maximum absolute atomic E-state index is 5.37. The highest BCUT2D eigenvalue weighted by atomic mass is 16.5. The first-order valence-electron chi connectivity index (χ1n) is 10.9. The van der Waals surface area contributed by atoms with Gasteiger partial charge in [-0.1, -0.05) is 42.5 Å². The average Bonchev–Trinajstić information content (AvgIpc) is 3.26. The minimum absolute atomic E-state index is 0.000920. The van der Waals surface area contributed by atoms with Crippen LogP contribution in [-0.2, 0) is 12.1 Å². The fourth-order valence-corrected chi connectivity index (χ4v) is 4.17. The van der Waals surface area contributed by atoms with Crippen molar-refractivity contribution in [2.75, 3.05) is 33.3 Å². The molecular weight excluding hydrogens is 388 g/mol. The lowest BCUT2D eigenvalue weighted by Gasteiger charge is -2.39. The molecule has 1 fully saturated rings. The van der Waals surface area contributed by atoms with Gasteiger partial charge < -0.3 is 4.74 Å². The van der Waals surface area contributed by atoms with Gasteiger partial charge >= 0.3 is 0 Å². The Bertz CT molecular complexity index is 956. The molecular formula is C24H32N6O. The molecule has 2 aromatic carbocycles. The smallest absolute Gasteiger partial charge is 0.173 e. The van der Waals surface area contributed by atoms with Gasteiger partial charge in [0.15, 0.2) is 5.82 Å². The van der Waals surface area contributed by atoms with Gasteiger partial charge in [0.25, 0.3) is 0 Å². The molecule has 7 nitrogen and oxygen atoms in total. The number of hydrogen-bond acceptors (Lipinski definition) is 6. The van der Waals surface area contributed by atoms with Crippen LogP contribution in [0, 0.1) is 0 Å². The number of rotatable bonds is 6. The first kappa shape index (κ1) is 21.5. The second-order valence-corrected chi connectivity index (χ2v) is 9.09. The van der Waals surface area contributed by atoms with Crippen molar-refractivity contribution in [2.24, 2.45) is 0 Å². The van der Waals surface area contributed by atoms with E-state index in [4.69, 9.17) is 4.74 Å². The van der Waals surface area contributed by atoms with Crippen LogP contribution in [0.5, 0.6) is 5.75 Å². The van der Waals surface area contributed by atoms with Crippen molar-refractivity contribution in [1.29, 1.82) is 0 Å². The van der Waals surface area contributed by atoms with Crippen molar-refractivity contribution >= 4 is 0 Å². The molecule has 3 aromatic rings. The Balaban J connectivity index is 1.57. The fourth-order valence-electron chi connectivity index (χ4n) is 4.17. The molecule has 7 heteroatoms. The van der Waals surface area contributed by atoms with Crippen molar-refractivity contribution in [3.63, 3.8) is 0 Å². The molecule has 1 saturated heterocycles. The van der Waals surface area contributed by atoms with Crippen molar-refractivity contribution in [2.45, 2.75) is 38.9 Å². The molecule has 1 aromatic heterocycles. The van der Waals surface area contributed by atoms with E-state index in [0.29, 0.717) is 0 Å². The second kappa shape index (κ2) is 9.16. The summed E-state index contributed by atoms with van der Waals surface area (Å²) in [4.78, 5) is 5.01. The van der Waals surface area contributed by atoms with Crippen LogP contribution >= 0.6 is 0 Å². The lowest BCUT2D eigenvalue weighted by molar-refractivity contribution is 0.0979. The summed E-state index contributed by atoms with van der Waals surface area (Å²) in [5, 5.41) is 12.8. The van der Waals surface area contributed by atoms with Crippen molar-refractivity contribution in [1.82, 2.24) is 30.0 Å². The fraction of sp³-hybridized carbons (Fsp3) is 0.458. The van der Waals surface area contributed by atoms with Gasteiger partial charge in [0.05, 0.1) is 18.7 Å². The van der Waals surface area contributed by atoms with Crippen LogP contribution in [-0.4, -0.2) is 63.3 Å². The Morgan fingerprint density at radius 1 is 0.935 bits per heavy atom. The number of methoxy groups -OCH3 is 1. The van der Waals surface area contributed by atoms with Crippen LogP contribution in [0.2, 0.25) is 0 Å². The largest absolute Gasteiger partial charge is 0.497 e. The van der Waals surface area contributed by atoms with Crippen LogP contribution in [0.25, 0.3) is 0 Å².